The molecule has 6 rings (SSSR count). The molecule has 6 nitrogen and oxygen atoms in total. The number of rotatable bonds is 2. The first-order valence-corrected chi connectivity index (χ1v) is 11.8. The molecule has 4 aromatic rings. The third-order valence-electron chi connectivity index (χ3n) is 7.04. The van der Waals surface area contributed by atoms with Crippen molar-refractivity contribution in [3.63, 3.8) is 0 Å². The zero-order valence-electron chi connectivity index (χ0n) is 18.5. The van der Waals surface area contributed by atoms with Gasteiger partial charge < -0.3 is 15.6 Å². The first-order valence-electron chi connectivity index (χ1n) is 11.4. The Morgan fingerprint density at radius 2 is 2.09 bits per heavy atom. The molecule has 1 aliphatic heterocycles. The fourth-order valence-electron chi connectivity index (χ4n) is 5.37. The van der Waals surface area contributed by atoms with Crippen LogP contribution in [0, 0.1) is 29.9 Å². The van der Waals surface area contributed by atoms with E-state index >= 15 is 4.39 Å². The van der Waals surface area contributed by atoms with Crippen molar-refractivity contribution in [2.75, 3.05) is 17.2 Å². The number of aromatic nitrogens is 3. The minimum atomic E-state index is -0.771. The SMILES string of the molecule is C#Cc1c(F)ccc2cc(N)cc(-c3ncc4c(N5CCCC[C@@H]6[C@@H](Cl)[C@@H]65)nc(=O)[nH]c4c3F)c12. The maximum Gasteiger partial charge on any atom is 0.347 e. The molecule has 176 valence electrons. The number of hydrogen-bond acceptors (Lipinski definition) is 5. The lowest BCUT2D eigenvalue weighted by molar-refractivity contribution is 0.626. The lowest BCUT2D eigenvalue weighted by Crippen LogP contribution is -2.31. The summed E-state index contributed by atoms with van der Waals surface area (Å²) in [5.41, 5.74) is 5.82. The van der Waals surface area contributed by atoms with Crippen LogP contribution in [0.15, 0.2) is 35.3 Å². The summed E-state index contributed by atoms with van der Waals surface area (Å²) in [5.74, 6) is 1.66. The Bertz CT molecular complexity index is 1630. The molecular weight excluding hydrogens is 472 g/mol. The third-order valence-corrected chi connectivity index (χ3v) is 7.62. The molecule has 2 aromatic carbocycles. The molecule has 2 aliphatic rings. The van der Waals surface area contributed by atoms with Crippen molar-refractivity contribution < 1.29 is 8.78 Å². The number of pyridine rings is 1. The molecule has 0 unspecified atom stereocenters. The highest BCUT2D eigenvalue weighted by atomic mass is 35.5. The Labute approximate surface area is 204 Å². The van der Waals surface area contributed by atoms with Gasteiger partial charge in [0.2, 0.25) is 0 Å². The fraction of sp³-hybridized carbons (Fsp3) is 0.269. The molecule has 0 spiro atoms. The normalized spacial score (nSPS) is 21.5. The first-order chi connectivity index (χ1) is 16.9. The van der Waals surface area contributed by atoms with E-state index in [0.717, 1.165) is 19.3 Å². The van der Waals surface area contributed by atoms with Gasteiger partial charge in [0.15, 0.2) is 5.82 Å². The molecule has 3 atom stereocenters. The van der Waals surface area contributed by atoms with Crippen LogP contribution >= 0.6 is 11.6 Å². The molecule has 35 heavy (non-hydrogen) atoms. The van der Waals surface area contributed by atoms with Crippen LogP contribution in [0.3, 0.4) is 0 Å². The number of aromatic amines is 1. The maximum absolute atomic E-state index is 16.1. The first kappa shape index (κ1) is 21.8. The van der Waals surface area contributed by atoms with Gasteiger partial charge in [-0.15, -0.1) is 18.0 Å². The Kier molecular flexibility index (Phi) is 4.94. The number of nitrogens with two attached hydrogens (primary N) is 1. The van der Waals surface area contributed by atoms with Crippen LogP contribution in [0.4, 0.5) is 20.3 Å². The molecule has 2 fully saturated rings. The number of benzene rings is 2. The predicted molar refractivity (Wildman–Crippen MR) is 133 cm³/mol. The largest absolute Gasteiger partial charge is 0.399 e. The number of nitrogen functional groups attached to an aromatic ring is 1. The van der Waals surface area contributed by atoms with Gasteiger partial charge in [-0.25, -0.2) is 13.6 Å². The number of H-pyrrole nitrogens is 1. The predicted octanol–water partition coefficient (Wildman–Crippen LogP) is 4.58. The van der Waals surface area contributed by atoms with Crippen molar-refractivity contribution in [2.24, 2.45) is 5.92 Å². The van der Waals surface area contributed by atoms with Gasteiger partial charge in [-0.05, 0) is 42.3 Å². The number of anilines is 2. The standard InChI is InChI=1S/C26H20ClF2N5O/c1-2-14-18(28)7-6-12-9-13(30)10-16(19(12)14)22-21(29)23-17(11-31-22)25(33-26(35)32-23)34-8-4-3-5-15-20(27)24(15)34/h1,6-7,9-11,15,20,24H,3-5,8,30H2,(H,32,33,35)/t15-,20-,24-/m1/s1. The highest BCUT2D eigenvalue weighted by molar-refractivity contribution is 6.24. The molecule has 1 saturated heterocycles. The Hall–Kier alpha value is -3.70. The van der Waals surface area contributed by atoms with Gasteiger partial charge in [-0.2, -0.15) is 4.98 Å². The topological polar surface area (TPSA) is 87.9 Å². The zero-order chi connectivity index (χ0) is 24.4. The van der Waals surface area contributed by atoms with Crippen molar-refractivity contribution in [1.29, 1.82) is 0 Å². The van der Waals surface area contributed by atoms with E-state index in [1.54, 1.807) is 6.07 Å². The van der Waals surface area contributed by atoms with E-state index in [9.17, 15) is 9.18 Å². The van der Waals surface area contributed by atoms with Crippen LogP contribution in [0.5, 0.6) is 0 Å². The molecule has 3 heterocycles. The number of terminal acetylenes is 1. The minimum Gasteiger partial charge on any atom is -0.399 e. The summed E-state index contributed by atoms with van der Waals surface area (Å²) in [6, 6.07) is 5.97. The van der Waals surface area contributed by atoms with Gasteiger partial charge >= 0.3 is 5.69 Å². The second-order valence-corrected chi connectivity index (χ2v) is 9.60. The number of alkyl halides is 1. The second kappa shape index (κ2) is 7.92. The van der Waals surface area contributed by atoms with E-state index < -0.39 is 17.3 Å². The summed E-state index contributed by atoms with van der Waals surface area (Å²) in [7, 11) is 0. The van der Waals surface area contributed by atoms with Crippen molar-refractivity contribution in [1.82, 2.24) is 15.0 Å². The maximum atomic E-state index is 16.1. The van der Waals surface area contributed by atoms with E-state index in [1.165, 1.54) is 24.4 Å². The van der Waals surface area contributed by atoms with Crippen LogP contribution in [-0.4, -0.2) is 32.9 Å². The van der Waals surface area contributed by atoms with Crippen LogP contribution < -0.4 is 16.3 Å². The van der Waals surface area contributed by atoms with Crippen LogP contribution in [0.2, 0.25) is 0 Å². The smallest absolute Gasteiger partial charge is 0.347 e. The van der Waals surface area contributed by atoms with E-state index in [0.29, 0.717) is 40.1 Å². The van der Waals surface area contributed by atoms with E-state index in [4.69, 9.17) is 23.8 Å². The van der Waals surface area contributed by atoms with Gasteiger partial charge in [0.1, 0.15) is 17.3 Å². The summed E-state index contributed by atoms with van der Waals surface area (Å²) >= 11 is 6.51. The summed E-state index contributed by atoms with van der Waals surface area (Å²) in [5, 5.41) is 1.22. The van der Waals surface area contributed by atoms with Gasteiger partial charge in [0, 0.05) is 29.4 Å². The molecule has 1 aliphatic carbocycles. The van der Waals surface area contributed by atoms with Crippen LogP contribution in [0.25, 0.3) is 32.9 Å². The van der Waals surface area contributed by atoms with E-state index in [2.05, 4.69) is 20.9 Å². The molecule has 0 radical (unpaired) electrons. The monoisotopic (exact) mass is 491 g/mol. The summed E-state index contributed by atoms with van der Waals surface area (Å²) in [4.78, 5) is 25.6. The third kappa shape index (κ3) is 3.34. The van der Waals surface area contributed by atoms with Gasteiger partial charge in [0.05, 0.1) is 27.9 Å². The van der Waals surface area contributed by atoms with Crippen molar-refractivity contribution >= 4 is 44.8 Å². The molecular formula is C26H20ClF2N5O. The number of hydrogen-bond donors (Lipinski definition) is 2. The van der Waals surface area contributed by atoms with Crippen molar-refractivity contribution in [2.45, 2.75) is 30.7 Å². The van der Waals surface area contributed by atoms with Crippen LogP contribution in [-0.2, 0) is 0 Å². The Morgan fingerprint density at radius 3 is 2.89 bits per heavy atom. The molecule has 0 bridgehead atoms. The average molecular weight is 492 g/mol. The summed E-state index contributed by atoms with van der Waals surface area (Å²) in [6.07, 6.45) is 10.0. The summed E-state index contributed by atoms with van der Waals surface area (Å²) < 4.78 is 30.6. The number of nitrogens with zero attached hydrogens (tertiary/aromatic N) is 3. The van der Waals surface area contributed by atoms with E-state index in [1.807, 2.05) is 4.90 Å². The van der Waals surface area contributed by atoms with Crippen molar-refractivity contribution in [3.8, 4) is 23.6 Å². The van der Waals surface area contributed by atoms with Crippen LogP contribution in [0.1, 0.15) is 24.8 Å². The number of fused-ring (bicyclic) bond motifs is 3. The van der Waals surface area contributed by atoms with E-state index in [-0.39, 0.29) is 33.8 Å². The average Bonchev–Trinajstić information content (AvgIpc) is 3.53. The summed E-state index contributed by atoms with van der Waals surface area (Å²) in [6.45, 7) is 0.671. The molecule has 1 saturated carbocycles. The quantitative estimate of drug-likeness (QED) is 0.243. The second-order valence-electron chi connectivity index (χ2n) is 9.10. The van der Waals surface area contributed by atoms with Gasteiger partial charge in [-0.3, -0.25) is 4.98 Å². The zero-order valence-corrected chi connectivity index (χ0v) is 19.2. The molecule has 0 amide bonds. The molecule has 9 heteroatoms. The van der Waals surface area contributed by atoms with Crippen molar-refractivity contribution in [3.05, 3.63) is 58.1 Å². The number of halogens is 3. The lowest BCUT2D eigenvalue weighted by atomic mass is 9.95. The minimum absolute atomic E-state index is 0.0137. The highest BCUT2D eigenvalue weighted by Crippen LogP contribution is 2.48. The molecule has 3 N–H and O–H groups in total. The highest BCUT2D eigenvalue weighted by Gasteiger charge is 2.53. The van der Waals surface area contributed by atoms with Gasteiger partial charge in [-0.1, -0.05) is 18.4 Å². The Morgan fingerprint density at radius 1 is 1.26 bits per heavy atom. The lowest BCUT2D eigenvalue weighted by Gasteiger charge is -2.24. The Balaban J connectivity index is 1.60. The van der Waals surface area contributed by atoms with Gasteiger partial charge in [0.25, 0.3) is 0 Å². The number of nitrogens with one attached hydrogen (secondary N) is 1. The fourth-order valence-corrected chi connectivity index (χ4v) is 5.89. The molecule has 2 aromatic heterocycles.